The molecule has 1 heterocycles. The van der Waals surface area contributed by atoms with Crippen molar-refractivity contribution in [1.29, 1.82) is 0 Å². The summed E-state index contributed by atoms with van der Waals surface area (Å²) < 4.78 is 21.8. The van der Waals surface area contributed by atoms with Crippen molar-refractivity contribution in [2.75, 3.05) is 14.2 Å². The van der Waals surface area contributed by atoms with Crippen molar-refractivity contribution in [3.05, 3.63) is 88.2 Å². The van der Waals surface area contributed by atoms with Crippen LogP contribution in [0, 0.1) is 13.8 Å². The molecule has 0 radical (unpaired) electrons. The molecule has 0 saturated carbocycles. The number of Topliss-reactive ketones (excluding diaryl/α,β-unsaturated/α-hetero) is 1. The van der Waals surface area contributed by atoms with E-state index in [2.05, 4.69) is 0 Å². The highest BCUT2D eigenvalue weighted by Crippen LogP contribution is 2.38. The lowest BCUT2D eigenvalue weighted by molar-refractivity contribution is 0.0734. The molecule has 0 aliphatic carbocycles. The molecule has 0 spiro atoms. The minimum atomic E-state index is -0.565. The molecule has 6 heteroatoms. The van der Waals surface area contributed by atoms with Crippen LogP contribution in [0.5, 0.6) is 23.0 Å². The monoisotopic (exact) mass is 430 g/mol. The van der Waals surface area contributed by atoms with E-state index in [1.807, 2.05) is 31.2 Å². The molecule has 0 amide bonds. The molecule has 0 N–H and O–H groups in total. The van der Waals surface area contributed by atoms with Crippen molar-refractivity contribution < 1.29 is 28.5 Å². The van der Waals surface area contributed by atoms with E-state index in [4.69, 9.17) is 18.9 Å². The Morgan fingerprint density at radius 3 is 2.44 bits per heavy atom. The molecular formula is C26H22O6. The number of hydrogen-bond acceptors (Lipinski definition) is 6. The minimum absolute atomic E-state index is 0.197. The normalized spacial score (nSPS) is 13.5. The average Bonchev–Trinajstić information content (AvgIpc) is 3.08. The Morgan fingerprint density at radius 2 is 1.72 bits per heavy atom. The van der Waals surface area contributed by atoms with Crippen LogP contribution >= 0.6 is 0 Å². The van der Waals surface area contributed by atoms with Gasteiger partial charge in [-0.2, -0.15) is 0 Å². The standard InChI is InChI=1S/C26H22O6/c1-15-6-5-7-17(10-15)12-23-25(27)24-16(2)11-19(14-22(24)32-23)31-26(28)18-8-9-20(29-3)21(13-18)30-4/h5-14H,1-4H3/b23-12-. The largest absolute Gasteiger partial charge is 0.493 e. The van der Waals surface area contributed by atoms with Gasteiger partial charge in [-0.05, 0) is 55.3 Å². The third-order valence-electron chi connectivity index (χ3n) is 5.11. The molecule has 32 heavy (non-hydrogen) atoms. The summed E-state index contributed by atoms with van der Waals surface area (Å²) in [4.78, 5) is 25.5. The van der Waals surface area contributed by atoms with Crippen LogP contribution in [0.4, 0.5) is 0 Å². The van der Waals surface area contributed by atoms with Crippen LogP contribution in [0.3, 0.4) is 0 Å². The van der Waals surface area contributed by atoms with E-state index in [9.17, 15) is 9.59 Å². The summed E-state index contributed by atoms with van der Waals surface area (Å²) in [6, 6.07) is 15.7. The topological polar surface area (TPSA) is 71.1 Å². The van der Waals surface area contributed by atoms with E-state index in [0.717, 1.165) is 11.1 Å². The first-order chi connectivity index (χ1) is 15.4. The lowest BCUT2D eigenvalue weighted by Gasteiger charge is -2.10. The Kier molecular flexibility index (Phi) is 5.69. The molecule has 0 unspecified atom stereocenters. The van der Waals surface area contributed by atoms with Gasteiger partial charge in [-0.1, -0.05) is 29.8 Å². The second kappa shape index (κ2) is 8.59. The molecule has 0 atom stereocenters. The van der Waals surface area contributed by atoms with Crippen LogP contribution in [-0.4, -0.2) is 26.0 Å². The maximum absolute atomic E-state index is 12.9. The summed E-state index contributed by atoms with van der Waals surface area (Å²) >= 11 is 0. The van der Waals surface area contributed by atoms with Gasteiger partial charge < -0.3 is 18.9 Å². The maximum Gasteiger partial charge on any atom is 0.343 e. The lowest BCUT2D eigenvalue weighted by Crippen LogP contribution is -2.09. The number of benzene rings is 3. The molecule has 162 valence electrons. The molecule has 3 aromatic carbocycles. The quantitative estimate of drug-likeness (QED) is 0.316. The van der Waals surface area contributed by atoms with Gasteiger partial charge in [0.1, 0.15) is 11.5 Å². The number of aryl methyl sites for hydroxylation is 2. The zero-order chi connectivity index (χ0) is 22.8. The number of carbonyl (C=O) groups is 2. The predicted molar refractivity (Wildman–Crippen MR) is 120 cm³/mol. The Bertz CT molecular complexity index is 1260. The van der Waals surface area contributed by atoms with Gasteiger partial charge in [0, 0.05) is 6.07 Å². The van der Waals surface area contributed by atoms with E-state index >= 15 is 0 Å². The molecule has 1 aliphatic rings. The number of fused-ring (bicyclic) bond motifs is 1. The van der Waals surface area contributed by atoms with Gasteiger partial charge in [0.05, 0.1) is 25.3 Å². The Balaban J connectivity index is 1.59. The van der Waals surface area contributed by atoms with Crippen molar-refractivity contribution in [2.45, 2.75) is 13.8 Å². The van der Waals surface area contributed by atoms with Crippen LogP contribution in [0.1, 0.15) is 37.4 Å². The number of ketones is 1. The van der Waals surface area contributed by atoms with Gasteiger partial charge in [0.15, 0.2) is 17.3 Å². The number of esters is 1. The fourth-order valence-electron chi connectivity index (χ4n) is 3.58. The maximum atomic E-state index is 12.9. The van der Waals surface area contributed by atoms with Gasteiger partial charge >= 0.3 is 5.97 Å². The zero-order valence-corrected chi connectivity index (χ0v) is 18.2. The first-order valence-corrected chi connectivity index (χ1v) is 9.99. The molecule has 6 nitrogen and oxygen atoms in total. The summed E-state index contributed by atoms with van der Waals surface area (Å²) in [5.41, 5.74) is 3.39. The van der Waals surface area contributed by atoms with Crippen LogP contribution in [0.15, 0.2) is 60.4 Å². The molecule has 0 bridgehead atoms. The number of allylic oxidation sites excluding steroid dienone is 1. The van der Waals surface area contributed by atoms with Crippen LogP contribution in [0.2, 0.25) is 0 Å². The average molecular weight is 430 g/mol. The summed E-state index contributed by atoms with van der Waals surface area (Å²) in [6.07, 6.45) is 1.71. The van der Waals surface area contributed by atoms with Crippen molar-refractivity contribution in [2.24, 2.45) is 0 Å². The number of hydrogen-bond donors (Lipinski definition) is 0. The predicted octanol–water partition coefficient (Wildman–Crippen LogP) is 5.16. The van der Waals surface area contributed by atoms with Gasteiger partial charge in [-0.15, -0.1) is 0 Å². The first kappa shape index (κ1) is 21.2. The summed E-state index contributed by atoms with van der Waals surface area (Å²) in [5, 5.41) is 0. The highest BCUT2D eigenvalue weighted by molar-refractivity contribution is 6.15. The SMILES string of the molecule is COc1ccc(C(=O)Oc2cc(C)c3c(c2)O/C(=C\c2cccc(C)c2)C3=O)cc1OC. The van der Waals surface area contributed by atoms with Crippen molar-refractivity contribution in [1.82, 2.24) is 0 Å². The summed E-state index contributed by atoms with van der Waals surface area (Å²) in [7, 11) is 3.01. The second-order valence-electron chi connectivity index (χ2n) is 7.43. The number of rotatable bonds is 5. The first-order valence-electron chi connectivity index (χ1n) is 9.99. The Morgan fingerprint density at radius 1 is 0.938 bits per heavy atom. The molecule has 0 fully saturated rings. The third kappa shape index (κ3) is 4.07. The zero-order valence-electron chi connectivity index (χ0n) is 18.2. The number of carbonyl (C=O) groups excluding carboxylic acids is 2. The van der Waals surface area contributed by atoms with Gasteiger partial charge in [0.25, 0.3) is 0 Å². The van der Waals surface area contributed by atoms with Crippen LogP contribution < -0.4 is 18.9 Å². The summed E-state index contributed by atoms with van der Waals surface area (Å²) in [5.74, 6) is 1.05. The van der Waals surface area contributed by atoms with Crippen LogP contribution in [-0.2, 0) is 0 Å². The molecule has 0 saturated heterocycles. The van der Waals surface area contributed by atoms with E-state index in [0.29, 0.717) is 33.9 Å². The van der Waals surface area contributed by atoms with Crippen LogP contribution in [0.25, 0.3) is 6.08 Å². The molecule has 4 rings (SSSR count). The Labute approximate surface area is 186 Å². The smallest absolute Gasteiger partial charge is 0.343 e. The molecule has 3 aromatic rings. The fourth-order valence-corrected chi connectivity index (χ4v) is 3.58. The fraction of sp³-hybridized carbons (Fsp3) is 0.154. The highest BCUT2D eigenvalue weighted by Gasteiger charge is 2.30. The van der Waals surface area contributed by atoms with Crippen molar-refractivity contribution in [3.63, 3.8) is 0 Å². The lowest BCUT2D eigenvalue weighted by atomic mass is 10.0. The van der Waals surface area contributed by atoms with Gasteiger partial charge in [-0.3, -0.25) is 4.79 Å². The van der Waals surface area contributed by atoms with Crippen molar-refractivity contribution in [3.8, 4) is 23.0 Å². The van der Waals surface area contributed by atoms with E-state index in [1.54, 1.807) is 43.3 Å². The third-order valence-corrected chi connectivity index (χ3v) is 5.11. The second-order valence-corrected chi connectivity index (χ2v) is 7.43. The van der Waals surface area contributed by atoms with Gasteiger partial charge in [0.2, 0.25) is 5.78 Å². The van der Waals surface area contributed by atoms with E-state index in [-0.39, 0.29) is 17.3 Å². The summed E-state index contributed by atoms with van der Waals surface area (Å²) in [6.45, 7) is 3.76. The number of methoxy groups -OCH3 is 2. The Hall–Kier alpha value is -4.06. The van der Waals surface area contributed by atoms with E-state index < -0.39 is 5.97 Å². The molecule has 1 aliphatic heterocycles. The minimum Gasteiger partial charge on any atom is -0.493 e. The van der Waals surface area contributed by atoms with Gasteiger partial charge in [-0.25, -0.2) is 4.79 Å². The van der Waals surface area contributed by atoms with Crippen molar-refractivity contribution >= 4 is 17.8 Å². The number of ether oxygens (including phenoxy) is 4. The molecule has 0 aromatic heterocycles. The van der Waals surface area contributed by atoms with E-state index in [1.165, 1.54) is 14.2 Å². The molecular weight excluding hydrogens is 408 g/mol. The highest BCUT2D eigenvalue weighted by atomic mass is 16.5.